The van der Waals surface area contributed by atoms with Crippen LogP contribution in [0.5, 0.6) is 5.75 Å². The van der Waals surface area contributed by atoms with E-state index in [0.717, 1.165) is 12.1 Å². The minimum Gasteiger partial charge on any atom is -0.872 e. The molecule has 114 valence electrons. The molecule has 0 aliphatic heterocycles. The Balaban J connectivity index is 0.00000441. The van der Waals surface area contributed by atoms with Gasteiger partial charge in [-0.05, 0) is 30.7 Å². The van der Waals surface area contributed by atoms with E-state index in [-0.39, 0.29) is 25.5 Å². The molecule has 0 atom stereocenters. The van der Waals surface area contributed by atoms with Crippen molar-refractivity contribution in [2.45, 2.75) is 13.5 Å². The van der Waals surface area contributed by atoms with E-state index in [1.165, 1.54) is 6.92 Å². The molecular weight excluding hydrogens is 300 g/mol. The fourth-order valence-electron chi connectivity index (χ4n) is 1.34. The Kier molecular flexibility index (Phi) is 8.38. The zero-order chi connectivity index (χ0) is 16.0. The van der Waals surface area contributed by atoms with Gasteiger partial charge < -0.3 is 14.6 Å². The first-order chi connectivity index (χ1) is 9.83. The molecule has 0 aromatic heterocycles. The van der Waals surface area contributed by atoms with E-state index in [0.29, 0.717) is 12.1 Å². The van der Waals surface area contributed by atoms with Crippen LogP contribution in [-0.2, 0) is 14.3 Å². The van der Waals surface area contributed by atoms with Crippen LogP contribution in [-0.4, -0.2) is 25.0 Å². The Morgan fingerprint density at radius 2 is 1.95 bits per heavy atom. The topological polar surface area (TPSA) is 75.7 Å². The van der Waals surface area contributed by atoms with Crippen LogP contribution in [0.15, 0.2) is 24.3 Å². The van der Waals surface area contributed by atoms with Crippen LogP contribution in [0, 0.1) is 5.82 Å². The Morgan fingerprint density at radius 3 is 2.50 bits per heavy atom. The average Bonchev–Trinajstić information content (AvgIpc) is 2.37. The molecule has 0 bridgehead atoms. The van der Waals surface area contributed by atoms with Crippen molar-refractivity contribution < 1.29 is 56.2 Å². The zero-order valence-electron chi connectivity index (χ0n) is 11.8. The first kappa shape index (κ1) is 20.1. The molecule has 0 heterocycles. The van der Waals surface area contributed by atoms with Gasteiger partial charge in [-0.3, -0.25) is 4.79 Å². The van der Waals surface area contributed by atoms with Crippen LogP contribution in [0.1, 0.15) is 12.5 Å². The van der Waals surface area contributed by atoms with Crippen molar-refractivity contribution in [1.29, 1.82) is 0 Å². The summed E-state index contributed by atoms with van der Waals surface area (Å²) in [5, 5.41) is 11.7. The second-order valence-electron chi connectivity index (χ2n) is 3.65. The van der Waals surface area contributed by atoms with E-state index in [2.05, 4.69) is 9.47 Å². The molecule has 0 fully saturated rings. The van der Waals surface area contributed by atoms with Gasteiger partial charge in [0.1, 0.15) is 11.6 Å². The molecule has 0 radical (unpaired) electrons. The fraction of sp³-hybridized carbons (Fsp3) is 0.231. The van der Waals surface area contributed by atoms with Crippen molar-refractivity contribution in [3.05, 3.63) is 35.7 Å². The zero-order valence-corrected chi connectivity index (χ0v) is 11.8. The normalized spacial score (nSPS) is 10.9. The van der Waals surface area contributed by atoms with Gasteiger partial charge in [0.2, 0.25) is 0 Å². The Morgan fingerprint density at radius 1 is 1.32 bits per heavy atom. The van der Waals surface area contributed by atoms with E-state index in [9.17, 15) is 27.9 Å². The largest absolute Gasteiger partial charge is 1.00 e. The predicted octanol–water partition coefficient (Wildman–Crippen LogP) is -1.74. The molecule has 1 rings (SSSR count). The molecule has 22 heavy (non-hydrogen) atoms. The first-order valence-corrected chi connectivity index (χ1v) is 5.69. The third kappa shape index (κ3) is 6.24. The molecule has 0 saturated carbocycles. The smallest absolute Gasteiger partial charge is 0.872 e. The summed E-state index contributed by atoms with van der Waals surface area (Å²) in [5.41, 5.74) is -0.414. The Bertz CT molecular complexity index is 575. The van der Waals surface area contributed by atoms with Gasteiger partial charge in [0.05, 0.1) is 6.61 Å². The summed E-state index contributed by atoms with van der Waals surface area (Å²) in [6.45, 7) is -1.79. The van der Waals surface area contributed by atoms with E-state index < -0.39 is 41.3 Å². The van der Waals surface area contributed by atoms with Crippen LogP contribution in [0.4, 0.5) is 13.2 Å². The molecule has 9 heteroatoms. The molecule has 1 aromatic carbocycles. The third-order valence-corrected chi connectivity index (χ3v) is 2.12. The van der Waals surface area contributed by atoms with Crippen LogP contribution in [0.2, 0.25) is 0 Å². The van der Waals surface area contributed by atoms with Gasteiger partial charge in [-0.1, -0.05) is 5.76 Å². The number of hydrogen-bond acceptors (Lipinski definition) is 5. The predicted molar refractivity (Wildman–Crippen MR) is 62.6 cm³/mol. The maximum Gasteiger partial charge on any atom is 1.00 e. The number of benzene rings is 1. The van der Waals surface area contributed by atoms with Gasteiger partial charge in [-0.2, -0.15) is 8.78 Å². The number of rotatable bonds is 6. The first-order valence-electron chi connectivity index (χ1n) is 5.69. The molecule has 0 spiro atoms. The van der Waals surface area contributed by atoms with Crippen molar-refractivity contribution in [2.75, 3.05) is 6.61 Å². The third-order valence-electron chi connectivity index (χ3n) is 2.12. The van der Waals surface area contributed by atoms with Crippen LogP contribution in [0.25, 0.3) is 5.76 Å². The minimum atomic E-state index is -3.19. The van der Waals surface area contributed by atoms with Crippen molar-refractivity contribution in [3.63, 3.8) is 0 Å². The fourth-order valence-corrected chi connectivity index (χ4v) is 1.34. The number of esters is 1. The summed E-state index contributed by atoms with van der Waals surface area (Å²) >= 11 is 0. The minimum absolute atomic E-state index is 0. The summed E-state index contributed by atoms with van der Waals surface area (Å²) in [4.78, 5) is 22.3. The molecule has 0 N–H and O–H groups in total. The Hall–Kier alpha value is -1.91. The summed E-state index contributed by atoms with van der Waals surface area (Å²) in [5.74, 6) is -5.10. The Labute approximate surface area is 135 Å². The molecule has 0 aliphatic rings. The number of carbonyl (C=O) groups excluding carboxylic acids is 2. The van der Waals surface area contributed by atoms with Gasteiger partial charge >= 0.3 is 31.4 Å². The quantitative estimate of drug-likeness (QED) is 0.205. The standard InChI is InChI=1S/C13H11F3O5.Li/c1-2-20-12(19)11(18)6-10(17)7-3-8(14)5-9(4-7)21-13(15)16;/h3-6,13,17H,2H2,1H3;/q;+1/p-1. The summed E-state index contributed by atoms with van der Waals surface area (Å²) in [6, 6.07) is 2.19. The van der Waals surface area contributed by atoms with E-state index >= 15 is 0 Å². The molecule has 0 unspecified atom stereocenters. The number of ketones is 1. The van der Waals surface area contributed by atoms with Crippen molar-refractivity contribution in [2.24, 2.45) is 0 Å². The summed E-state index contributed by atoms with van der Waals surface area (Å²) in [7, 11) is 0. The molecule has 0 aliphatic carbocycles. The number of alkyl halides is 2. The molecule has 0 amide bonds. The van der Waals surface area contributed by atoms with Gasteiger partial charge in [0, 0.05) is 6.07 Å². The maximum absolute atomic E-state index is 13.2. The van der Waals surface area contributed by atoms with E-state index in [1.54, 1.807) is 0 Å². The van der Waals surface area contributed by atoms with Gasteiger partial charge in [-0.25, -0.2) is 9.18 Å². The molecular formula is C13H10F3LiO5. The van der Waals surface area contributed by atoms with E-state index in [4.69, 9.17) is 0 Å². The molecule has 5 nitrogen and oxygen atoms in total. The monoisotopic (exact) mass is 310 g/mol. The van der Waals surface area contributed by atoms with Crippen LogP contribution >= 0.6 is 0 Å². The van der Waals surface area contributed by atoms with Crippen LogP contribution < -0.4 is 28.7 Å². The SMILES string of the molecule is CCOC(=O)C(=O)C=C([O-])c1cc(F)cc(OC(F)F)c1.[Li+]. The number of halogens is 3. The van der Waals surface area contributed by atoms with Crippen molar-refractivity contribution >= 4 is 17.5 Å². The second-order valence-corrected chi connectivity index (χ2v) is 3.65. The average molecular weight is 310 g/mol. The van der Waals surface area contributed by atoms with Crippen molar-refractivity contribution in [1.82, 2.24) is 0 Å². The van der Waals surface area contributed by atoms with Gasteiger partial charge in [0.25, 0.3) is 5.78 Å². The summed E-state index contributed by atoms with van der Waals surface area (Å²) in [6.07, 6.45) is 0.388. The number of hydrogen-bond donors (Lipinski definition) is 0. The van der Waals surface area contributed by atoms with Gasteiger partial charge in [0.15, 0.2) is 0 Å². The number of ether oxygens (including phenoxy) is 2. The van der Waals surface area contributed by atoms with Crippen LogP contribution in [0.3, 0.4) is 0 Å². The maximum atomic E-state index is 13.2. The second kappa shape index (κ2) is 9.18. The number of carbonyl (C=O) groups is 2. The van der Waals surface area contributed by atoms with Gasteiger partial charge in [-0.15, -0.1) is 0 Å². The summed E-state index contributed by atoms with van der Waals surface area (Å²) < 4.78 is 45.6. The van der Waals surface area contributed by atoms with Crippen molar-refractivity contribution in [3.8, 4) is 5.75 Å². The molecule has 1 aromatic rings. The molecule has 0 saturated heterocycles. The van der Waals surface area contributed by atoms with E-state index in [1.807, 2.05) is 0 Å².